The van der Waals surface area contributed by atoms with Gasteiger partial charge in [-0.25, -0.2) is 12.7 Å². The van der Waals surface area contributed by atoms with Crippen molar-refractivity contribution >= 4 is 27.3 Å². The second-order valence-corrected chi connectivity index (χ2v) is 10.7. The summed E-state index contributed by atoms with van der Waals surface area (Å²) in [5.74, 6) is 0.725. The summed E-state index contributed by atoms with van der Waals surface area (Å²) in [6.45, 7) is 4.26. The molecule has 2 aromatic rings. The number of hydrogen-bond acceptors (Lipinski definition) is 6. The molecule has 0 saturated carbocycles. The number of rotatable bonds is 10. The van der Waals surface area contributed by atoms with Crippen LogP contribution in [0.15, 0.2) is 41.3 Å². The maximum atomic E-state index is 13.6. The summed E-state index contributed by atoms with van der Waals surface area (Å²) < 4.78 is 37.9. The first-order chi connectivity index (χ1) is 16.3. The minimum Gasteiger partial charge on any atom is -0.497 e. The zero-order valence-electron chi connectivity index (χ0n) is 20.5. The van der Waals surface area contributed by atoms with Crippen molar-refractivity contribution in [3.63, 3.8) is 0 Å². The van der Waals surface area contributed by atoms with Crippen LogP contribution < -0.4 is 19.7 Å². The van der Waals surface area contributed by atoms with E-state index in [1.165, 1.54) is 20.2 Å². The molecule has 34 heavy (non-hydrogen) atoms. The largest absolute Gasteiger partial charge is 0.497 e. The summed E-state index contributed by atoms with van der Waals surface area (Å²) in [4.78, 5) is 15.8. The smallest absolute Gasteiger partial charge is 0.257 e. The lowest BCUT2D eigenvalue weighted by atomic mass is 10.1. The minimum absolute atomic E-state index is 0.0773. The molecule has 0 bridgehead atoms. The van der Waals surface area contributed by atoms with Crippen molar-refractivity contribution in [2.45, 2.75) is 43.9 Å². The van der Waals surface area contributed by atoms with E-state index in [0.29, 0.717) is 29.4 Å². The zero-order valence-corrected chi connectivity index (χ0v) is 21.3. The number of amides is 1. The van der Waals surface area contributed by atoms with Gasteiger partial charge in [-0.15, -0.1) is 0 Å². The van der Waals surface area contributed by atoms with Gasteiger partial charge in [-0.2, -0.15) is 0 Å². The number of sulfonamides is 1. The molecule has 1 N–H and O–H groups in total. The monoisotopic (exact) mass is 489 g/mol. The van der Waals surface area contributed by atoms with Crippen LogP contribution in [-0.4, -0.2) is 59.5 Å². The van der Waals surface area contributed by atoms with Crippen LogP contribution in [0.1, 0.15) is 49.4 Å². The number of methoxy groups -OCH3 is 1. The fraction of sp³-hybridized carbons (Fsp3) is 0.480. The van der Waals surface area contributed by atoms with Crippen molar-refractivity contribution in [3.05, 3.63) is 42.0 Å². The van der Waals surface area contributed by atoms with Crippen LogP contribution in [0.3, 0.4) is 0 Å². The van der Waals surface area contributed by atoms with E-state index < -0.39 is 15.9 Å². The van der Waals surface area contributed by atoms with Gasteiger partial charge in [0.2, 0.25) is 10.0 Å². The lowest BCUT2D eigenvalue weighted by molar-refractivity contribution is 0.102. The first kappa shape index (κ1) is 25.8. The van der Waals surface area contributed by atoms with Crippen molar-refractivity contribution in [1.29, 1.82) is 0 Å². The molecule has 1 aliphatic rings. The predicted molar refractivity (Wildman–Crippen MR) is 135 cm³/mol. The molecule has 3 rings (SSSR count). The third-order valence-electron chi connectivity index (χ3n) is 5.88. The third-order valence-corrected chi connectivity index (χ3v) is 7.69. The average Bonchev–Trinajstić information content (AvgIpc) is 2.85. The van der Waals surface area contributed by atoms with Gasteiger partial charge in [0.15, 0.2) is 0 Å². The van der Waals surface area contributed by atoms with E-state index in [1.54, 1.807) is 37.4 Å². The molecular formula is C25H35N3O5S. The molecule has 1 saturated heterocycles. The van der Waals surface area contributed by atoms with Crippen LogP contribution in [0.2, 0.25) is 0 Å². The lowest BCUT2D eigenvalue weighted by Gasteiger charge is -2.30. The van der Waals surface area contributed by atoms with Gasteiger partial charge in [0.1, 0.15) is 11.5 Å². The maximum Gasteiger partial charge on any atom is 0.257 e. The highest BCUT2D eigenvalue weighted by Gasteiger charge is 2.25. The van der Waals surface area contributed by atoms with Crippen LogP contribution in [0.4, 0.5) is 11.4 Å². The van der Waals surface area contributed by atoms with Gasteiger partial charge >= 0.3 is 0 Å². The summed E-state index contributed by atoms with van der Waals surface area (Å²) in [5, 5.41) is 2.94. The molecule has 0 atom stereocenters. The molecule has 1 fully saturated rings. The zero-order chi connectivity index (χ0) is 24.7. The Morgan fingerprint density at radius 2 is 1.82 bits per heavy atom. The fourth-order valence-corrected chi connectivity index (χ4v) is 4.78. The Balaban J connectivity index is 2.00. The lowest BCUT2D eigenvalue weighted by Crippen LogP contribution is -2.32. The Morgan fingerprint density at radius 3 is 2.47 bits per heavy atom. The summed E-state index contributed by atoms with van der Waals surface area (Å²) in [7, 11) is 0.813. The number of carbonyl (C=O) groups excluding carboxylic acids is 1. The molecule has 1 heterocycles. The van der Waals surface area contributed by atoms with Crippen molar-refractivity contribution in [2.24, 2.45) is 0 Å². The average molecular weight is 490 g/mol. The maximum absolute atomic E-state index is 13.6. The molecule has 0 aliphatic carbocycles. The number of unbranched alkanes of at least 4 members (excludes halogenated alkanes) is 1. The van der Waals surface area contributed by atoms with Crippen molar-refractivity contribution in [2.75, 3.05) is 51.1 Å². The molecule has 9 heteroatoms. The fourth-order valence-electron chi connectivity index (χ4n) is 3.85. The van der Waals surface area contributed by atoms with Crippen LogP contribution in [0.5, 0.6) is 11.5 Å². The predicted octanol–water partition coefficient (Wildman–Crippen LogP) is 4.37. The normalized spacial score (nSPS) is 14.2. The molecule has 186 valence electrons. The number of piperidine rings is 1. The summed E-state index contributed by atoms with van der Waals surface area (Å²) in [6, 6.07) is 10.0. The minimum atomic E-state index is -3.70. The van der Waals surface area contributed by atoms with E-state index in [1.807, 2.05) is 0 Å². The highest BCUT2D eigenvalue weighted by atomic mass is 32.2. The van der Waals surface area contributed by atoms with Crippen molar-refractivity contribution in [3.8, 4) is 11.5 Å². The van der Waals surface area contributed by atoms with Crippen molar-refractivity contribution < 1.29 is 22.7 Å². The number of nitrogens with zero attached hydrogens (tertiary/aromatic N) is 2. The Bertz CT molecular complexity index is 1100. The van der Waals surface area contributed by atoms with Crippen LogP contribution in [0, 0.1) is 0 Å². The highest BCUT2D eigenvalue weighted by molar-refractivity contribution is 7.89. The van der Waals surface area contributed by atoms with Gasteiger partial charge in [0, 0.05) is 38.9 Å². The number of benzene rings is 2. The Morgan fingerprint density at radius 1 is 1.09 bits per heavy atom. The molecule has 0 radical (unpaired) electrons. The first-order valence-electron chi connectivity index (χ1n) is 11.7. The quantitative estimate of drug-likeness (QED) is 0.499. The van der Waals surface area contributed by atoms with Gasteiger partial charge in [0.05, 0.1) is 29.9 Å². The van der Waals surface area contributed by atoms with Gasteiger partial charge < -0.3 is 19.7 Å². The molecule has 2 aromatic carbocycles. The molecule has 1 aliphatic heterocycles. The Hall–Kier alpha value is -2.78. The van der Waals surface area contributed by atoms with E-state index in [-0.39, 0.29) is 4.90 Å². The number of ether oxygens (including phenoxy) is 2. The van der Waals surface area contributed by atoms with E-state index in [9.17, 15) is 13.2 Å². The SMILES string of the molecule is CCCCOc1ccc(OC)cc1NC(=O)c1cc(S(=O)(=O)N(C)C)ccc1N1CCCCC1. The summed E-state index contributed by atoms with van der Waals surface area (Å²) >= 11 is 0. The van der Waals surface area contributed by atoms with Gasteiger partial charge in [-0.1, -0.05) is 13.3 Å². The van der Waals surface area contributed by atoms with Gasteiger partial charge in [0.25, 0.3) is 5.91 Å². The molecule has 0 unspecified atom stereocenters. The van der Waals surface area contributed by atoms with Crippen LogP contribution in [-0.2, 0) is 10.0 Å². The summed E-state index contributed by atoms with van der Waals surface area (Å²) in [6.07, 6.45) is 5.09. The van der Waals surface area contributed by atoms with E-state index in [2.05, 4.69) is 17.1 Å². The molecule has 8 nitrogen and oxygen atoms in total. The van der Waals surface area contributed by atoms with Crippen molar-refractivity contribution in [1.82, 2.24) is 4.31 Å². The Kier molecular flexibility index (Phi) is 8.79. The second kappa shape index (κ2) is 11.6. The third kappa shape index (κ3) is 6.01. The summed E-state index contributed by atoms with van der Waals surface area (Å²) in [5.41, 5.74) is 1.52. The topological polar surface area (TPSA) is 88.2 Å². The molecular weight excluding hydrogens is 454 g/mol. The number of nitrogens with one attached hydrogen (secondary N) is 1. The van der Waals surface area contributed by atoms with E-state index in [4.69, 9.17) is 9.47 Å². The highest BCUT2D eigenvalue weighted by Crippen LogP contribution is 2.32. The Labute approximate surface area is 202 Å². The first-order valence-corrected chi connectivity index (χ1v) is 13.2. The van der Waals surface area contributed by atoms with Gasteiger partial charge in [-0.3, -0.25) is 4.79 Å². The van der Waals surface area contributed by atoms with Crippen LogP contribution in [0.25, 0.3) is 0 Å². The second-order valence-electron chi connectivity index (χ2n) is 8.53. The standard InChI is InChI=1S/C25H35N3O5S/c1-5-6-16-33-24-13-10-19(32-4)17-22(24)26-25(29)21-18-20(34(30,31)27(2)3)11-12-23(21)28-14-8-7-9-15-28/h10-13,17-18H,5-9,14-16H2,1-4H3,(H,26,29). The van der Waals surface area contributed by atoms with Gasteiger partial charge in [-0.05, 0) is 56.0 Å². The van der Waals surface area contributed by atoms with E-state index in [0.717, 1.165) is 55.2 Å². The van der Waals surface area contributed by atoms with E-state index >= 15 is 0 Å². The van der Waals surface area contributed by atoms with Crippen LogP contribution >= 0.6 is 0 Å². The number of hydrogen-bond donors (Lipinski definition) is 1. The number of carbonyl (C=O) groups is 1. The number of anilines is 2. The molecule has 1 amide bonds. The molecule has 0 spiro atoms. The molecule has 0 aromatic heterocycles.